The van der Waals surface area contributed by atoms with Gasteiger partial charge in [-0.15, -0.1) is 0 Å². The SMILES string of the molecule is Cc1nn(C)c(CC2CCCCC2C(=O)O)c1Br. The Bertz CT molecular complexity index is 456. The van der Waals surface area contributed by atoms with Gasteiger partial charge in [-0.2, -0.15) is 5.10 Å². The molecule has 0 radical (unpaired) electrons. The van der Waals surface area contributed by atoms with Crippen LogP contribution in [0.4, 0.5) is 0 Å². The van der Waals surface area contributed by atoms with Crippen LogP contribution in [0, 0.1) is 18.8 Å². The molecule has 0 aliphatic heterocycles. The molecule has 1 fully saturated rings. The molecule has 1 saturated carbocycles. The number of hydrogen-bond acceptors (Lipinski definition) is 2. The molecule has 2 unspecified atom stereocenters. The van der Waals surface area contributed by atoms with E-state index in [1.54, 1.807) is 0 Å². The molecular weight excluding hydrogens is 296 g/mol. The number of nitrogens with zero attached hydrogens (tertiary/aromatic N) is 2. The van der Waals surface area contributed by atoms with E-state index in [0.29, 0.717) is 0 Å². The van der Waals surface area contributed by atoms with E-state index in [1.165, 1.54) is 0 Å². The Morgan fingerprint density at radius 3 is 2.72 bits per heavy atom. The summed E-state index contributed by atoms with van der Waals surface area (Å²) in [6.45, 7) is 1.96. The number of aryl methyl sites for hydroxylation is 2. The minimum absolute atomic E-state index is 0.194. The Balaban J connectivity index is 2.18. The molecule has 18 heavy (non-hydrogen) atoms. The predicted molar refractivity (Wildman–Crippen MR) is 72.4 cm³/mol. The van der Waals surface area contributed by atoms with Crippen LogP contribution in [0.25, 0.3) is 0 Å². The van der Waals surface area contributed by atoms with Crippen molar-refractivity contribution in [1.29, 1.82) is 0 Å². The standard InChI is InChI=1S/C13H19BrN2O2/c1-8-12(14)11(16(2)15-8)7-9-5-3-4-6-10(9)13(17)18/h9-10H,3-7H2,1-2H3,(H,17,18). The van der Waals surface area contributed by atoms with E-state index in [1.807, 2.05) is 18.7 Å². The highest BCUT2D eigenvalue weighted by Gasteiger charge is 2.32. The first-order valence-electron chi connectivity index (χ1n) is 6.41. The van der Waals surface area contributed by atoms with Crippen LogP contribution >= 0.6 is 15.9 Å². The van der Waals surface area contributed by atoms with Gasteiger partial charge in [0.05, 0.1) is 21.8 Å². The second kappa shape index (κ2) is 5.43. The fraction of sp³-hybridized carbons (Fsp3) is 0.692. The lowest BCUT2D eigenvalue weighted by Crippen LogP contribution is -2.29. The zero-order valence-corrected chi connectivity index (χ0v) is 12.4. The number of halogens is 1. The Kier molecular flexibility index (Phi) is 4.10. The molecule has 1 N–H and O–H groups in total. The first-order valence-corrected chi connectivity index (χ1v) is 7.20. The molecule has 0 aromatic carbocycles. The quantitative estimate of drug-likeness (QED) is 0.933. The molecule has 100 valence electrons. The van der Waals surface area contributed by atoms with Gasteiger partial charge in [-0.25, -0.2) is 0 Å². The second-order valence-electron chi connectivity index (χ2n) is 5.16. The van der Waals surface area contributed by atoms with Crippen LogP contribution < -0.4 is 0 Å². The smallest absolute Gasteiger partial charge is 0.306 e. The van der Waals surface area contributed by atoms with Crippen LogP contribution in [0.3, 0.4) is 0 Å². The molecule has 0 spiro atoms. The molecule has 0 amide bonds. The number of rotatable bonds is 3. The molecule has 5 heteroatoms. The normalized spacial score (nSPS) is 24.2. The number of carboxylic acid groups (broad SMARTS) is 1. The van der Waals surface area contributed by atoms with Crippen molar-refractivity contribution in [2.75, 3.05) is 0 Å². The maximum absolute atomic E-state index is 11.3. The van der Waals surface area contributed by atoms with Gasteiger partial charge < -0.3 is 5.11 Å². The zero-order chi connectivity index (χ0) is 13.3. The van der Waals surface area contributed by atoms with Gasteiger partial charge in [0, 0.05) is 7.05 Å². The molecular formula is C13H19BrN2O2. The van der Waals surface area contributed by atoms with E-state index in [2.05, 4.69) is 21.0 Å². The summed E-state index contributed by atoms with van der Waals surface area (Å²) in [5.41, 5.74) is 2.08. The molecule has 0 saturated heterocycles. The minimum atomic E-state index is -0.644. The lowest BCUT2D eigenvalue weighted by Gasteiger charge is -2.28. The van der Waals surface area contributed by atoms with E-state index in [9.17, 15) is 9.90 Å². The summed E-state index contributed by atoms with van der Waals surface area (Å²) in [7, 11) is 1.92. The summed E-state index contributed by atoms with van der Waals surface area (Å²) in [4.78, 5) is 11.3. The van der Waals surface area contributed by atoms with E-state index in [0.717, 1.165) is 48.0 Å². The summed E-state index contributed by atoms with van der Waals surface area (Å²) in [5, 5.41) is 13.7. The molecule has 1 aliphatic rings. The summed E-state index contributed by atoms with van der Waals surface area (Å²) < 4.78 is 2.90. The largest absolute Gasteiger partial charge is 0.481 e. The topological polar surface area (TPSA) is 55.1 Å². The summed E-state index contributed by atoms with van der Waals surface area (Å²) in [5.74, 6) is -0.599. The third-order valence-corrected chi connectivity index (χ3v) is 4.97. The van der Waals surface area contributed by atoms with Gasteiger partial charge in [0.15, 0.2) is 0 Å². The average molecular weight is 315 g/mol. The van der Waals surface area contributed by atoms with Crippen LogP contribution in [-0.4, -0.2) is 20.9 Å². The third kappa shape index (κ3) is 2.60. The van der Waals surface area contributed by atoms with Crippen LogP contribution in [0.5, 0.6) is 0 Å². The predicted octanol–water partition coefficient (Wildman–Crippen LogP) is 2.92. The molecule has 1 aromatic heterocycles. The monoisotopic (exact) mass is 314 g/mol. The Morgan fingerprint density at radius 2 is 2.17 bits per heavy atom. The van der Waals surface area contributed by atoms with Gasteiger partial charge in [-0.1, -0.05) is 12.8 Å². The van der Waals surface area contributed by atoms with Gasteiger partial charge in [-0.05, 0) is 48.0 Å². The number of aromatic nitrogens is 2. The maximum Gasteiger partial charge on any atom is 0.306 e. The summed E-state index contributed by atoms with van der Waals surface area (Å²) >= 11 is 3.55. The first-order chi connectivity index (χ1) is 8.50. The molecule has 1 aromatic rings. The van der Waals surface area contributed by atoms with Crippen molar-refractivity contribution in [3.63, 3.8) is 0 Å². The van der Waals surface area contributed by atoms with Crippen molar-refractivity contribution in [1.82, 2.24) is 9.78 Å². The van der Waals surface area contributed by atoms with Crippen molar-refractivity contribution in [2.45, 2.75) is 39.0 Å². The lowest BCUT2D eigenvalue weighted by atomic mass is 9.77. The van der Waals surface area contributed by atoms with Crippen LogP contribution in [0.1, 0.15) is 37.1 Å². The minimum Gasteiger partial charge on any atom is -0.481 e. The third-order valence-electron chi connectivity index (χ3n) is 3.94. The number of carbonyl (C=O) groups is 1. The molecule has 2 atom stereocenters. The Labute approximate surface area is 116 Å². The highest BCUT2D eigenvalue weighted by atomic mass is 79.9. The fourth-order valence-corrected chi connectivity index (χ4v) is 3.43. The first kappa shape index (κ1) is 13.6. The summed E-state index contributed by atoms with van der Waals surface area (Å²) in [6.07, 6.45) is 4.80. The maximum atomic E-state index is 11.3. The molecule has 1 aliphatic carbocycles. The molecule has 1 heterocycles. The number of hydrogen-bond donors (Lipinski definition) is 1. The van der Waals surface area contributed by atoms with Crippen molar-refractivity contribution in [3.8, 4) is 0 Å². The van der Waals surface area contributed by atoms with Gasteiger partial charge >= 0.3 is 5.97 Å². The molecule has 4 nitrogen and oxygen atoms in total. The second-order valence-corrected chi connectivity index (χ2v) is 5.96. The zero-order valence-electron chi connectivity index (χ0n) is 10.8. The summed E-state index contributed by atoms with van der Waals surface area (Å²) in [6, 6.07) is 0. The Hall–Kier alpha value is -0.840. The van der Waals surface area contributed by atoms with E-state index >= 15 is 0 Å². The average Bonchev–Trinajstić information content (AvgIpc) is 2.56. The Morgan fingerprint density at radius 1 is 1.50 bits per heavy atom. The number of aliphatic carboxylic acids is 1. The van der Waals surface area contributed by atoms with E-state index in [4.69, 9.17) is 0 Å². The molecule has 0 bridgehead atoms. The van der Waals surface area contributed by atoms with Gasteiger partial charge in [0.25, 0.3) is 0 Å². The molecule has 2 rings (SSSR count). The highest BCUT2D eigenvalue weighted by molar-refractivity contribution is 9.10. The van der Waals surface area contributed by atoms with Crippen molar-refractivity contribution in [2.24, 2.45) is 18.9 Å². The van der Waals surface area contributed by atoms with Crippen LogP contribution in [0.15, 0.2) is 4.47 Å². The van der Waals surface area contributed by atoms with E-state index < -0.39 is 5.97 Å². The van der Waals surface area contributed by atoms with Crippen molar-refractivity contribution < 1.29 is 9.90 Å². The van der Waals surface area contributed by atoms with E-state index in [-0.39, 0.29) is 11.8 Å². The fourth-order valence-electron chi connectivity index (χ4n) is 2.93. The van der Waals surface area contributed by atoms with Crippen LogP contribution in [-0.2, 0) is 18.3 Å². The van der Waals surface area contributed by atoms with Crippen molar-refractivity contribution >= 4 is 21.9 Å². The number of carboxylic acids is 1. The van der Waals surface area contributed by atoms with Gasteiger partial charge in [0.2, 0.25) is 0 Å². The van der Waals surface area contributed by atoms with Crippen LogP contribution in [0.2, 0.25) is 0 Å². The van der Waals surface area contributed by atoms with Gasteiger partial charge in [-0.3, -0.25) is 9.48 Å². The highest BCUT2D eigenvalue weighted by Crippen LogP contribution is 2.34. The lowest BCUT2D eigenvalue weighted by molar-refractivity contribution is -0.144. The van der Waals surface area contributed by atoms with Gasteiger partial charge in [0.1, 0.15) is 0 Å². The van der Waals surface area contributed by atoms with Crippen molar-refractivity contribution in [3.05, 3.63) is 15.9 Å².